The minimum atomic E-state index is 0.708. The second kappa shape index (κ2) is 10.8. The molecule has 114 valence electrons. The summed E-state index contributed by atoms with van der Waals surface area (Å²) in [7, 11) is 3.37. The average molecular weight is 299 g/mol. The standard InChI is InChI=1S/C15H25NO3S/c1-4-20-10-9-19-15-11-14(18-3)6-5-13(15)12-16-7-8-17-2/h5-6,11,16H,4,7-10,12H2,1-3H3. The Balaban J connectivity index is 2.56. The van der Waals surface area contributed by atoms with Crippen LogP contribution in [0.3, 0.4) is 0 Å². The lowest BCUT2D eigenvalue weighted by atomic mass is 10.2. The van der Waals surface area contributed by atoms with Gasteiger partial charge in [-0.1, -0.05) is 13.0 Å². The van der Waals surface area contributed by atoms with Crippen LogP contribution >= 0.6 is 11.8 Å². The van der Waals surface area contributed by atoms with Crippen LogP contribution in [-0.4, -0.2) is 45.5 Å². The maximum atomic E-state index is 5.87. The van der Waals surface area contributed by atoms with Crippen molar-refractivity contribution in [2.75, 3.05) is 45.5 Å². The van der Waals surface area contributed by atoms with E-state index in [4.69, 9.17) is 14.2 Å². The highest BCUT2D eigenvalue weighted by atomic mass is 32.2. The largest absolute Gasteiger partial charge is 0.497 e. The fraction of sp³-hybridized carbons (Fsp3) is 0.600. The molecule has 0 fully saturated rings. The first-order valence-corrected chi connectivity index (χ1v) is 8.04. The van der Waals surface area contributed by atoms with Crippen molar-refractivity contribution in [1.29, 1.82) is 0 Å². The predicted molar refractivity (Wildman–Crippen MR) is 85.1 cm³/mol. The Morgan fingerprint density at radius 2 is 2.05 bits per heavy atom. The zero-order valence-electron chi connectivity index (χ0n) is 12.6. The molecule has 1 rings (SSSR count). The van der Waals surface area contributed by atoms with Gasteiger partial charge in [0.2, 0.25) is 0 Å². The minimum Gasteiger partial charge on any atom is -0.497 e. The van der Waals surface area contributed by atoms with Crippen LogP contribution < -0.4 is 14.8 Å². The van der Waals surface area contributed by atoms with Crippen LogP contribution in [0.2, 0.25) is 0 Å². The third-order valence-electron chi connectivity index (χ3n) is 2.76. The number of hydrogen-bond donors (Lipinski definition) is 1. The van der Waals surface area contributed by atoms with E-state index in [2.05, 4.69) is 12.2 Å². The van der Waals surface area contributed by atoms with Gasteiger partial charge in [0.05, 0.1) is 20.3 Å². The Hall–Kier alpha value is -0.910. The van der Waals surface area contributed by atoms with Crippen LogP contribution in [-0.2, 0) is 11.3 Å². The number of rotatable bonds is 11. The maximum Gasteiger partial charge on any atom is 0.127 e. The van der Waals surface area contributed by atoms with E-state index in [9.17, 15) is 0 Å². The number of hydrogen-bond acceptors (Lipinski definition) is 5. The smallest absolute Gasteiger partial charge is 0.127 e. The van der Waals surface area contributed by atoms with Gasteiger partial charge in [0.25, 0.3) is 0 Å². The fourth-order valence-corrected chi connectivity index (χ4v) is 2.18. The first kappa shape index (κ1) is 17.1. The molecule has 1 aromatic carbocycles. The van der Waals surface area contributed by atoms with Crippen LogP contribution in [0.1, 0.15) is 12.5 Å². The zero-order chi connectivity index (χ0) is 14.6. The lowest BCUT2D eigenvalue weighted by Crippen LogP contribution is -2.19. The number of ether oxygens (including phenoxy) is 3. The molecular formula is C15H25NO3S. The lowest BCUT2D eigenvalue weighted by Gasteiger charge is -2.13. The van der Waals surface area contributed by atoms with Gasteiger partial charge in [-0.2, -0.15) is 11.8 Å². The first-order chi connectivity index (χ1) is 9.81. The average Bonchev–Trinajstić information content (AvgIpc) is 2.49. The number of benzene rings is 1. The first-order valence-electron chi connectivity index (χ1n) is 6.89. The van der Waals surface area contributed by atoms with Gasteiger partial charge in [-0.15, -0.1) is 0 Å². The van der Waals surface area contributed by atoms with Crippen LogP contribution in [0.4, 0.5) is 0 Å². The molecule has 0 saturated heterocycles. The molecule has 0 heterocycles. The van der Waals surface area contributed by atoms with Crippen molar-refractivity contribution in [2.45, 2.75) is 13.5 Å². The van der Waals surface area contributed by atoms with E-state index >= 15 is 0 Å². The van der Waals surface area contributed by atoms with E-state index in [1.54, 1.807) is 14.2 Å². The van der Waals surface area contributed by atoms with E-state index in [1.807, 2.05) is 30.0 Å². The van der Waals surface area contributed by atoms with E-state index in [1.165, 1.54) is 0 Å². The summed E-state index contributed by atoms with van der Waals surface area (Å²) in [5, 5.41) is 3.33. The molecule has 0 unspecified atom stereocenters. The SMILES string of the molecule is CCSCCOc1cc(OC)ccc1CNCCOC. The third-order valence-corrected chi connectivity index (χ3v) is 3.63. The number of thioether (sulfide) groups is 1. The molecule has 1 N–H and O–H groups in total. The summed E-state index contributed by atoms with van der Waals surface area (Å²) >= 11 is 1.88. The number of methoxy groups -OCH3 is 2. The molecular weight excluding hydrogens is 274 g/mol. The molecule has 0 aromatic heterocycles. The van der Waals surface area contributed by atoms with Gasteiger partial charge in [0.15, 0.2) is 0 Å². The van der Waals surface area contributed by atoms with Crippen LogP contribution in [0.15, 0.2) is 18.2 Å². The van der Waals surface area contributed by atoms with E-state index in [-0.39, 0.29) is 0 Å². The zero-order valence-corrected chi connectivity index (χ0v) is 13.4. The van der Waals surface area contributed by atoms with Crippen molar-refractivity contribution in [3.05, 3.63) is 23.8 Å². The van der Waals surface area contributed by atoms with E-state index in [0.29, 0.717) is 6.61 Å². The van der Waals surface area contributed by atoms with Gasteiger partial charge < -0.3 is 19.5 Å². The molecule has 0 aliphatic rings. The Kier molecular flexibility index (Phi) is 9.28. The second-order valence-electron chi connectivity index (χ2n) is 4.19. The molecule has 0 spiro atoms. The highest BCUT2D eigenvalue weighted by Crippen LogP contribution is 2.25. The molecule has 0 radical (unpaired) electrons. The van der Waals surface area contributed by atoms with Gasteiger partial charge in [0, 0.05) is 37.6 Å². The van der Waals surface area contributed by atoms with Crippen molar-refractivity contribution in [3.63, 3.8) is 0 Å². The molecule has 1 aromatic rings. The Morgan fingerprint density at radius 3 is 2.75 bits per heavy atom. The summed E-state index contributed by atoms with van der Waals surface area (Å²) in [6.45, 7) is 5.18. The molecule has 4 nitrogen and oxygen atoms in total. The fourth-order valence-electron chi connectivity index (χ4n) is 1.69. The van der Waals surface area contributed by atoms with Gasteiger partial charge >= 0.3 is 0 Å². The molecule has 0 saturated carbocycles. The van der Waals surface area contributed by atoms with Gasteiger partial charge in [-0.05, 0) is 11.8 Å². The Morgan fingerprint density at radius 1 is 1.20 bits per heavy atom. The van der Waals surface area contributed by atoms with Gasteiger partial charge in [0.1, 0.15) is 11.5 Å². The highest BCUT2D eigenvalue weighted by Gasteiger charge is 2.06. The summed E-state index contributed by atoms with van der Waals surface area (Å²) in [6, 6.07) is 5.95. The van der Waals surface area contributed by atoms with Crippen LogP contribution in [0.5, 0.6) is 11.5 Å². The summed E-state index contributed by atoms with van der Waals surface area (Å²) in [6.07, 6.45) is 0. The summed E-state index contributed by atoms with van der Waals surface area (Å²) in [5.41, 5.74) is 1.14. The Bertz CT molecular complexity index is 374. The molecule has 0 aliphatic heterocycles. The summed E-state index contributed by atoms with van der Waals surface area (Å²) in [4.78, 5) is 0. The maximum absolute atomic E-state index is 5.87. The van der Waals surface area contributed by atoms with Gasteiger partial charge in [-0.3, -0.25) is 0 Å². The summed E-state index contributed by atoms with van der Waals surface area (Å²) < 4.78 is 16.1. The van der Waals surface area contributed by atoms with Crippen molar-refractivity contribution >= 4 is 11.8 Å². The Labute approximate surface area is 126 Å². The topological polar surface area (TPSA) is 39.7 Å². The quantitative estimate of drug-likeness (QED) is 0.636. The predicted octanol–water partition coefficient (Wildman–Crippen LogP) is 2.56. The third kappa shape index (κ3) is 6.50. The minimum absolute atomic E-state index is 0.708. The second-order valence-corrected chi connectivity index (χ2v) is 5.58. The molecule has 0 amide bonds. The molecule has 0 aliphatic carbocycles. The summed E-state index contributed by atoms with van der Waals surface area (Å²) in [5.74, 6) is 3.84. The van der Waals surface area contributed by atoms with Crippen molar-refractivity contribution in [3.8, 4) is 11.5 Å². The molecule has 0 bridgehead atoms. The number of nitrogens with one attached hydrogen (secondary N) is 1. The van der Waals surface area contributed by atoms with Crippen LogP contribution in [0, 0.1) is 0 Å². The molecule has 20 heavy (non-hydrogen) atoms. The normalized spacial score (nSPS) is 10.6. The van der Waals surface area contributed by atoms with Crippen molar-refractivity contribution < 1.29 is 14.2 Å². The van der Waals surface area contributed by atoms with E-state index < -0.39 is 0 Å². The molecule has 0 atom stereocenters. The van der Waals surface area contributed by atoms with Crippen LogP contribution in [0.25, 0.3) is 0 Å². The lowest BCUT2D eigenvalue weighted by molar-refractivity contribution is 0.199. The highest BCUT2D eigenvalue weighted by molar-refractivity contribution is 7.99. The van der Waals surface area contributed by atoms with Crippen molar-refractivity contribution in [2.24, 2.45) is 0 Å². The van der Waals surface area contributed by atoms with Gasteiger partial charge in [-0.25, -0.2) is 0 Å². The molecule has 5 heteroatoms. The van der Waals surface area contributed by atoms with E-state index in [0.717, 1.165) is 48.3 Å². The van der Waals surface area contributed by atoms with Crippen molar-refractivity contribution in [1.82, 2.24) is 5.32 Å². The monoisotopic (exact) mass is 299 g/mol.